The molecule has 0 radical (unpaired) electrons. The van der Waals surface area contributed by atoms with E-state index < -0.39 is 0 Å². The molecule has 0 atom stereocenters. The standard InChI is InChI=1S/C12H16FNOS/c1-12(2,3)15-7-8-4-5-9(13)6-10(8)11(14)16/h4-6H,7H2,1-3H3,(H2,14,16). The maximum absolute atomic E-state index is 13.0. The van der Waals surface area contributed by atoms with Crippen molar-refractivity contribution in [3.8, 4) is 0 Å². The van der Waals surface area contributed by atoms with E-state index in [1.54, 1.807) is 6.07 Å². The molecule has 0 spiro atoms. The molecule has 0 saturated carbocycles. The van der Waals surface area contributed by atoms with Crippen molar-refractivity contribution >= 4 is 17.2 Å². The van der Waals surface area contributed by atoms with Gasteiger partial charge in [0.05, 0.1) is 12.2 Å². The molecule has 16 heavy (non-hydrogen) atoms. The fourth-order valence-electron chi connectivity index (χ4n) is 1.20. The molecule has 2 nitrogen and oxygen atoms in total. The van der Waals surface area contributed by atoms with Crippen LogP contribution in [0.4, 0.5) is 4.39 Å². The van der Waals surface area contributed by atoms with Gasteiger partial charge in [-0.1, -0.05) is 18.3 Å². The van der Waals surface area contributed by atoms with Crippen molar-refractivity contribution in [3.63, 3.8) is 0 Å². The Balaban J connectivity index is 2.91. The van der Waals surface area contributed by atoms with E-state index in [1.807, 2.05) is 20.8 Å². The van der Waals surface area contributed by atoms with Gasteiger partial charge in [0.25, 0.3) is 0 Å². The van der Waals surface area contributed by atoms with Gasteiger partial charge in [-0.2, -0.15) is 0 Å². The average molecular weight is 241 g/mol. The Morgan fingerprint density at radius 2 is 2.06 bits per heavy atom. The van der Waals surface area contributed by atoms with Gasteiger partial charge >= 0.3 is 0 Å². The molecule has 0 fully saturated rings. The fraction of sp³-hybridized carbons (Fsp3) is 0.417. The van der Waals surface area contributed by atoms with Gasteiger partial charge < -0.3 is 10.5 Å². The first-order valence-electron chi connectivity index (χ1n) is 5.02. The highest BCUT2D eigenvalue weighted by atomic mass is 32.1. The lowest BCUT2D eigenvalue weighted by atomic mass is 10.1. The molecule has 0 aliphatic heterocycles. The van der Waals surface area contributed by atoms with E-state index in [2.05, 4.69) is 0 Å². The predicted molar refractivity (Wildman–Crippen MR) is 66.8 cm³/mol. The van der Waals surface area contributed by atoms with Crippen LogP contribution in [0.1, 0.15) is 31.9 Å². The van der Waals surface area contributed by atoms with Crippen molar-refractivity contribution in [1.82, 2.24) is 0 Å². The normalized spacial score (nSPS) is 11.5. The van der Waals surface area contributed by atoms with Crippen LogP contribution in [0.25, 0.3) is 0 Å². The van der Waals surface area contributed by atoms with Crippen LogP contribution in [0.3, 0.4) is 0 Å². The first-order valence-corrected chi connectivity index (χ1v) is 5.42. The monoisotopic (exact) mass is 241 g/mol. The number of hydrogen-bond acceptors (Lipinski definition) is 2. The Morgan fingerprint density at radius 3 is 2.56 bits per heavy atom. The van der Waals surface area contributed by atoms with Crippen LogP contribution in [0.15, 0.2) is 18.2 Å². The maximum atomic E-state index is 13.0. The van der Waals surface area contributed by atoms with Gasteiger partial charge in [0.15, 0.2) is 0 Å². The van der Waals surface area contributed by atoms with Gasteiger partial charge in [-0.3, -0.25) is 0 Å². The second-order valence-corrected chi connectivity index (χ2v) is 5.01. The molecule has 0 heterocycles. The van der Waals surface area contributed by atoms with Crippen molar-refractivity contribution in [2.45, 2.75) is 33.0 Å². The van der Waals surface area contributed by atoms with Crippen LogP contribution in [0, 0.1) is 5.82 Å². The van der Waals surface area contributed by atoms with E-state index in [4.69, 9.17) is 22.7 Å². The minimum atomic E-state index is -0.345. The van der Waals surface area contributed by atoms with E-state index in [0.717, 1.165) is 5.56 Å². The Bertz CT molecular complexity index is 398. The van der Waals surface area contributed by atoms with Gasteiger partial charge in [-0.15, -0.1) is 0 Å². The fourth-order valence-corrected chi connectivity index (χ4v) is 1.39. The van der Waals surface area contributed by atoms with Gasteiger partial charge in [0.2, 0.25) is 0 Å². The first kappa shape index (κ1) is 13.1. The van der Waals surface area contributed by atoms with E-state index in [0.29, 0.717) is 12.2 Å². The highest BCUT2D eigenvalue weighted by Crippen LogP contribution is 2.16. The quantitative estimate of drug-likeness (QED) is 0.826. The van der Waals surface area contributed by atoms with Crippen LogP contribution in [0.5, 0.6) is 0 Å². The molecule has 0 aromatic heterocycles. The molecule has 0 bridgehead atoms. The van der Waals surface area contributed by atoms with Gasteiger partial charge in [-0.05, 0) is 38.5 Å². The SMILES string of the molecule is CC(C)(C)OCc1ccc(F)cc1C(N)=S. The Labute approximate surface area is 101 Å². The molecule has 0 aliphatic rings. The van der Waals surface area contributed by atoms with Crippen LogP contribution in [-0.4, -0.2) is 10.6 Å². The lowest BCUT2D eigenvalue weighted by Crippen LogP contribution is -2.20. The third kappa shape index (κ3) is 3.87. The number of halogens is 1. The largest absolute Gasteiger partial charge is 0.389 e. The second kappa shape index (κ2) is 4.89. The van der Waals surface area contributed by atoms with E-state index in [1.165, 1.54) is 12.1 Å². The van der Waals surface area contributed by atoms with Crippen molar-refractivity contribution in [3.05, 3.63) is 35.1 Å². The zero-order valence-electron chi connectivity index (χ0n) is 9.71. The minimum Gasteiger partial charge on any atom is -0.389 e. The zero-order valence-corrected chi connectivity index (χ0v) is 10.5. The Kier molecular flexibility index (Phi) is 3.99. The third-order valence-electron chi connectivity index (χ3n) is 2.00. The van der Waals surface area contributed by atoms with Crippen LogP contribution >= 0.6 is 12.2 Å². The lowest BCUT2D eigenvalue weighted by molar-refractivity contribution is -0.0150. The number of ether oxygens (including phenoxy) is 1. The Hall–Kier alpha value is -1.00. The van der Waals surface area contributed by atoms with Crippen molar-refractivity contribution < 1.29 is 9.13 Å². The Morgan fingerprint density at radius 1 is 1.44 bits per heavy atom. The summed E-state index contributed by atoms with van der Waals surface area (Å²) in [6, 6.07) is 4.36. The van der Waals surface area contributed by atoms with Crippen molar-refractivity contribution in [1.29, 1.82) is 0 Å². The van der Waals surface area contributed by atoms with E-state index >= 15 is 0 Å². The summed E-state index contributed by atoms with van der Waals surface area (Å²) in [5.74, 6) is -0.345. The smallest absolute Gasteiger partial charge is 0.123 e. The van der Waals surface area contributed by atoms with Crippen LogP contribution in [-0.2, 0) is 11.3 Å². The molecular formula is C12H16FNOS. The van der Waals surface area contributed by atoms with Crippen LogP contribution in [0.2, 0.25) is 0 Å². The summed E-state index contributed by atoms with van der Waals surface area (Å²) in [5.41, 5.74) is 6.63. The summed E-state index contributed by atoms with van der Waals surface area (Å²) < 4.78 is 18.6. The summed E-state index contributed by atoms with van der Waals surface area (Å²) >= 11 is 4.87. The molecule has 1 rings (SSSR count). The van der Waals surface area contributed by atoms with Crippen molar-refractivity contribution in [2.75, 3.05) is 0 Å². The molecule has 0 amide bonds. The van der Waals surface area contributed by atoms with Crippen molar-refractivity contribution in [2.24, 2.45) is 5.73 Å². The second-order valence-electron chi connectivity index (χ2n) is 4.57. The molecule has 0 aliphatic carbocycles. The molecular weight excluding hydrogens is 225 g/mol. The van der Waals surface area contributed by atoms with Gasteiger partial charge in [0.1, 0.15) is 10.8 Å². The summed E-state index contributed by atoms with van der Waals surface area (Å²) in [5, 5.41) is 0. The highest BCUT2D eigenvalue weighted by molar-refractivity contribution is 7.80. The molecule has 0 unspecified atom stereocenters. The first-order chi connectivity index (χ1) is 7.29. The average Bonchev–Trinajstić information content (AvgIpc) is 2.14. The molecule has 0 saturated heterocycles. The molecule has 2 N–H and O–H groups in total. The topological polar surface area (TPSA) is 35.2 Å². The molecule has 4 heteroatoms. The van der Waals surface area contributed by atoms with E-state index in [-0.39, 0.29) is 16.4 Å². The minimum absolute atomic E-state index is 0.187. The van der Waals surface area contributed by atoms with Gasteiger partial charge in [-0.25, -0.2) is 4.39 Å². The summed E-state index contributed by atoms with van der Waals surface area (Å²) in [6.45, 7) is 6.24. The number of benzene rings is 1. The maximum Gasteiger partial charge on any atom is 0.123 e. The number of nitrogens with two attached hydrogens (primary N) is 1. The highest BCUT2D eigenvalue weighted by Gasteiger charge is 2.13. The summed E-state index contributed by atoms with van der Waals surface area (Å²) in [6.07, 6.45) is 0. The summed E-state index contributed by atoms with van der Waals surface area (Å²) in [4.78, 5) is 0.187. The summed E-state index contributed by atoms with van der Waals surface area (Å²) in [7, 11) is 0. The predicted octanol–water partition coefficient (Wildman–Crippen LogP) is 2.78. The van der Waals surface area contributed by atoms with Crippen LogP contribution < -0.4 is 5.73 Å². The molecule has 88 valence electrons. The number of thiocarbonyl (C=S) groups is 1. The lowest BCUT2D eigenvalue weighted by Gasteiger charge is -2.20. The van der Waals surface area contributed by atoms with E-state index in [9.17, 15) is 4.39 Å². The third-order valence-corrected chi connectivity index (χ3v) is 2.22. The molecule has 1 aromatic rings. The van der Waals surface area contributed by atoms with Gasteiger partial charge in [0, 0.05) is 5.56 Å². The number of hydrogen-bond donors (Lipinski definition) is 1. The molecule has 1 aromatic carbocycles. The zero-order chi connectivity index (χ0) is 12.3. The number of rotatable bonds is 3.